The third kappa shape index (κ3) is 3.82. The third-order valence-corrected chi connectivity index (χ3v) is 2.30. The number of rotatable bonds is 5. The summed E-state index contributed by atoms with van der Waals surface area (Å²) in [5.74, 6) is 1.70. The average molecular weight is 192 g/mol. The topological polar surface area (TPSA) is 9.23 Å². The van der Waals surface area contributed by atoms with Gasteiger partial charge in [0.25, 0.3) is 0 Å². The van der Waals surface area contributed by atoms with E-state index >= 15 is 0 Å². The highest BCUT2D eigenvalue weighted by atomic mass is 16.5. The van der Waals surface area contributed by atoms with Crippen LogP contribution in [-0.4, -0.2) is 6.61 Å². The summed E-state index contributed by atoms with van der Waals surface area (Å²) in [6, 6.07) is 8.37. The minimum Gasteiger partial charge on any atom is -0.494 e. The lowest BCUT2D eigenvalue weighted by molar-refractivity contribution is 0.289. The Morgan fingerprint density at radius 3 is 2.29 bits per heavy atom. The van der Waals surface area contributed by atoms with Crippen LogP contribution in [0.1, 0.15) is 32.8 Å². The molecule has 0 aliphatic carbocycles. The fraction of sp³-hybridized carbons (Fsp3) is 0.538. The van der Waals surface area contributed by atoms with E-state index in [0.717, 1.165) is 25.2 Å². The molecule has 0 aliphatic rings. The first-order valence-electron chi connectivity index (χ1n) is 5.44. The summed E-state index contributed by atoms with van der Waals surface area (Å²) < 4.78 is 5.62. The SMILES string of the molecule is CCc1ccc(OCCC(C)C)cc1. The molecule has 0 saturated carbocycles. The summed E-state index contributed by atoms with van der Waals surface area (Å²) >= 11 is 0. The van der Waals surface area contributed by atoms with E-state index < -0.39 is 0 Å². The summed E-state index contributed by atoms with van der Waals surface area (Å²) in [6.07, 6.45) is 2.21. The molecule has 0 unspecified atom stereocenters. The Labute approximate surface area is 87.1 Å². The van der Waals surface area contributed by atoms with Gasteiger partial charge in [-0.05, 0) is 36.5 Å². The Hall–Kier alpha value is -0.980. The molecule has 1 aromatic rings. The zero-order chi connectivity index (χ0) is 10.4. The van der Waals surface area contributed by atoms with Crippen molar-refractivity contribution in [3.63, 3.8) is 0 Å². The number of aryl methyl sites for hydroxylation is 1. The van der Waals surface area contributed by atoms with E-state index in [4.69, 9.17) is 4.74 Å². The second kappa shape index (κ2) is 5.69. The second-order valence-electron chi connectivity index (χ2n) is 4.03. The molecule has 1 heteroatoms. The minimum atomic E-state index is 0.713. The quantitative estimate of drug-likeness (QED) is 0.691. The monoisotopic (exact) mass is 192 g/mol. The van der Waals surface area contributed by atoms with Crippen LogP contribution in [0.15, 0.2) is 24.3 Å². The lowest BCUT2D eigenvalue weighted by Gasteiger charge is -2.08. The Bertz CT molecular complexity index is 248. The lowest BCUT2D eigenvalue weighted by Crippen LogP contribution is -2.01. The lowest BCUT2D eigenvalue weighted by atomic mass is 10.1. The van der Waals surface area contributed by atoms with Gasteiger partial charge < -0.3 is 4.74 Å². The molecule has 0 aromatic heterocycles. The van der Waals surface area contributed by atoms with Crippen LogP contribution in [0, 0.1) is 5.92 Å². The largest absolute Gasteiger partial charge is 0.494 e. The van der Waals surface area contributed by atoms with Crippen molar-refractivity contribution in [1.82, 2.24) is 0 Å². The van der Waals surface area contributed by atoms with Gasteiger partial charge in [-0.15, -0.1) is 0 Å². The maximum Gasteiger partial charge on any atom is 0.119 e. The summed E-state index contributed by atoms with van der Waals surface area (Å²) in [6.45, 7) is 7.41. The zero-order valence-electron chi connectivity index (χ0n) is 9.42. The molecule has 0 atom stereocenters. The Morgan fingerprint density at radius 1 is 1.14 bits per heavy atom. The van der Waals surface area contributed by atoms with E-state index in [2.05, 4.69) is 45.0 Å². The van der Waals surface area contributed by atoms with Crippen LogP contribution < -0.4 is 4.74 Å². The van der Waals surface area contributed by atoms with Crippen molar-refractivity contribution >= 4 is 0 Å². The third-order valence-electron chi connectivity index (χ3n) is 2.30. The first kappa shape index (κ1) is 11.1. The van der Waals surface area contributed by atoms with Gasteiger partial charge in [0.1, 0.15) is 5.75 Å². The highest BCUT2D eigenvalue weighted by Gasteiger charge is 1.96. The van der Waals surface area contributed by atoms with E-state index in [9.17, 15) is 0 Å². The normalized spacial score (nSPS) is 10.6. The maximum atomic E-state index is 5.62. The molecule has 0 spiro atoms. The molecule has 78 valence electrons. The second-order valence-corrected chi connectivity index (χ2v) is 4.03. The molecule has 0 aliphatic heterocycles. The van der Waals surface area contributed by atoms with Crippen molar-refractivity contribution in [3.05, 3.63) is 29.8 Å². The molecule has 1 aromatic carbocycles. The van der Waals surface area contributed by atoms with Gasteiger partial charge in [-0.1, -0.05) is 32.9 Å². The number of benzene rings is 1. The molecule has 0 heterocycles. The molecule has 1 rings (SSSR count). The van der Waals surface area contributed by atoms with Gasteiger partial charge in [0.15, 0.2) is 0 Å². The Morgan fingerprint density at radius 2 is 1.79 bits per heavy atom. The van der Waals surface area contributed by atoms with E-state index in [0.29, 0.717) is 5.92 Å². The predicted octanol–water partition coefficient (Wildman–Crippen LogP) is 3.67. The van der Waals surface area contributed by atoms with Crippen molar-refractivity contribution in [1.29, 1.82) is 0 Å². The molecule has 1 nitrogen and oxygen atoms in total. The van der Waals surface area contributed by atoms with Crippen LogP contribution in [0.4, 0.5) is 0 Å². The molecule has 14 heavy (non-hydrogen) atoms. The van der Waals surface area contributed by atoms with Gasteiger partial charge in [-0.3, -0.25) is 0 Å². The van der Waals surface area contributed by atoms with E-state index in [1.54, 1.807) is 0 Å². The summed E-state index contributed by atoms with van der Waals surface area (Å²) in [7, 11) is 0. The van der Waals surface area contributed by atoms with E-state index in [1.165, 1.54) is 5.56 Å². The van der Waals surface area contributed by atoms with Gasteiger partial charge in [-0.25, -0.2) is 0 Å². The molecule has 0 saturated heterocycles. The summed E-state index contributed by atoms with van der Waals surface area (Å²) in [4.78, 5) is 0. The molecule has 0 fully saturated rings. The predicted molar refractivity (Wildman–Crippen MR) is 60.8 cm³/mol. The van der Waals surface area contributed by atoms with Crippen molar-refractivity contribution in [2.75, 3.05) is 6.61 Å². The van der Waals surface area contributed by atoms with Crippen LogP contribution >= 0.6 is 0 Å². The average Bonchev–Trinajstić information content (AvgIpc) is 2.18. The minimum absolute atomic E-state index is 0.713. The fourth-order valence-electron chi connectivity index (χ4n) is 1.23. The highest BCUT2D eigenvalue weighted by Crippen LogP contribution is 2.13. The maximum absolute atomic E-state index is 5.62. The molecule has 0 radical (unpaired) electrons. The first-order valence-corrected chi connectivity index (χ1v) is 5.44. The first-order chi connectivity index (χ1) is 6.72. The molecular formula is C13H20O. The summed E-state index contributed by atoms with van der Waals surface area (Å²) in [5.41, 5.74) is 1.36. The number of ether oxygens (including phenoxy) is 1. The van der Waals surface area contributed by atoms with Gasteiger partial charge >= 0.3 is 0 Å². The number of hydrogen-bond acceptors (Lipinski definition) is 1. The molecule has 0 N–H and O–H groups in total. The van der Waals surface area contributed by atoms with E-state index in [-0.39, 0.29) is 0 Å². The van der Waals surface area contributed by atoms with Gasteiger partial charge in [0.2, 0.25) is 0 Å². The van der Waals surface area contributed by atoms with Crippen LogP contribution in [0.2, 0.25) is 0 Å². The van der Waals surface area contributed by atoms with Gasteiger partial charge in [0.05, 0.1) is 6.61 Å². The van der Waals surface area contributed by atoms with Crippen LogP contribution in [0.25, 0.3) is 0 Å². The van der Waals surface area contributed by atoms with Crippen LogP contribution in [-0.2, 0) is 6.42 Å². The van der Waals surface area contributed by atoms with Crippen molar-refractivity contribution < 1.29 is 4.74 Å². The van der Waals surface area contributed by atoms with Crippen LogP contribution in [0.3, 0.4) is 0 Å². The van der Waals surface area contributed by atoms with Crippen molar-refractivity contribution in [3.8, 4) is 5.75 Å². The van der Waals surface area contributed by atoms with Gasteiger partial charge in [-0.2, -0.15) is 0 Å². The molecule has 0 bridgehead atoms. The number of hydrogen-bond donors (Lipinski definition) is 0. The Kier molecular flexibility index (Phi) is 4.51. The molecular weight excluding hydrogens is 172 g/mol. The van der Waals surface area contributed by atoms with Gasteiger partial charge in [0, 0.05) is 0 Å². The molecule has 0 amide bonds. The Balaban J connectivity index is 2.36. The fourth-order valence-corrected chi connectivity index (χ4v) is 1.23. The van der Waals surface area contributed by atoms with Crippen molar-refractivity contribution in [2.45, 2.75) is 33.6 Å². The zero-order valence-corrected chi connectivity index (χ0v) is 9.42. The van der Waals surface area contributed by atoms with E-state index in [1.807, 2.05) is 0 Å². The van der Waals surface area contributed by atoms with Crippen LogP contribution in [0.5, 0.6) is 5.75 Å². The summed E-state index contributed by atoms with van der Waals surface area (Å²) in [5, 5.41) is 0. The highest BCUT2D eigenvalue weighted by molar-refractivity contribution is 5.27. The smallest absolute Gasteiger partial charge is 0.119 e. The van der Waals surface area contributed by atoms with Crippen molar-refractivity contribution in [2.24, 2.45) is 5.92 Å². The standard InChI is InChI=1S/C13H20O/c1-4-12-5-7-13(8-6-12)14-10-9-11(2)3/h5-8,11H,4,9-10H2,1-3H3.